The monoisotopic (exact) mass is 315 g/mol. The number of hydrogen-bond donors (Lipinski definition) is 2. The zero-order valence-corrected chi connectivity index (χ0v) is 12.4. The number of benzene rings is 1. The molecule has 19 heavy (non-hydrogen) atoms. The summed E-state index contributed by atoms with van der Waals surface area (Å²) in [6, 6.07) is 5.37. The number of halogens is 2. The Balaban J connectivity index is 2.14. The van der Waals surface area contributed by atoms with E-state index >= 15 is 0 Å². The van der Waals surface area contributed by atoms with Gasteiger partial charge in [-0.1, -0.05) is 29.3 Å². The van der Waals surface area contributed by atoms with Crippen LogP contribution in [0.1, 0.15) is 5.56 Å². The van der Waals surface area contributed by atoms with E-state index in [0.717, 1.165) is 5.56 Å². The van der Waals surface area contributed by atoms with Crippen LogP contribution >= 0.6 is 35.4 Å². The van der Waals surface area contributed by atoms with Gasteiger partial charge < -0.3 is 5.32 Å². The first-order valence-corrected chi connectivity index (χ1v) is 6.57. The van der Waals surface area contributed by atoms with Gasteiger partial charge in [-0.25, -0.2) is 9.67 Å². The zero-order valence-electron chi connectivity index (χ0n) is 10.0. The number of nitrogens with one attached hydrogen (secondary N) is 2. The van der Waals surface area contributed by atoms with E-state index < -0.39 is 0 Å². The van der Waals surface area contributed by atoms with Crippen LogP contribution in [-0.2, 0) is 6.54 Å². The molecule has 2 N–H and O–H groups in total. The minimum atomic E-state index is 0.419. The molecule has 100 valence electrons. The predicted molar refractivity (Wildman–Crippen MR) is 80.9 cm³/mol. The minimum Gasteiger partial charge on any atom is -0.365 e. The summed E-state index contributed by atoms with van der Waals surface area (Å²) in [5, 5.41) is 11.5. The number of rotatable bonds is 3. The molecule has 0 radical (unpaired) electrons. The second-order valence-electron chi connectivity index (χ2n) is 3.67. The third-order valence-corrected chi connectivity index (χ3v) is 3.39. The Hall–Kier alpha value is -1.37. The van der Waals surface area contributed by atoms with Crippen LogP contribution < -0.4 is 10.6 Å². The molecule has 0 unspecified atom stereocenters. The lowest BCUT2D eigenvalue weighted by atomic mass is 10.2. The summed E-state index contributed by atoms with van der Waals surface area (Å²) in [4.78, 5) is 4.09. The quantitative estimate of drug-likeness (QED) is 0.853. The van der Waals surface area contributed by atoms with Crippen LogP contribution in [0.4, 0.5) is 5.95 Å². The molecule has 0 aliphatic heterocycles. The maximum absolute atomic E-state index is 6.10. The lowest BCUT2D eigenvalue weighted by molar-refractivity contribution is 0.687. The second kappa shape index (κ2) is 6.18. The first-order valence-electron chi connectivity index (χ1n) is 5.41. The van der Waals surface area contributed by atoms with Crippen LogP contribution in [0.5, 0.6) is 0 Å². The molecule has 0 amide bonds. The van der Waals surface area contributed by atoms with Crippen molar-refractivity contribution in [2.24, 2.45) is 0 Å². The molecule has 2 rings (SSSR count). The first kappa shape index (κ1) is 14.0. The van der Waals surface area contributed by atoms with E-state index in [9.17, 15) is 0 Å². The molecular formula is C11H11Cl2N5S. The van der Waals surface area contributed by atoms with Crippen molar-refractivity contribution in [1.29, 1.82) is 0 Å². The van der Waals surface area contributed by atoms with Crippen molar-refractivity contribution in [2.75, 3.05) is 12.4 Å². The second-order valence-corrected chi connectivity index (χ2v) is 4.89. The third-order valence-electron chi connectivity index (χ3n) is 2.37. The van der Waals surface area contributed by atoms with E-state index in [1.165, 1.54) is 0 Å². The molecule has 2 aromatic rings. The highest BCUT2D eigenvalue weighted by atomic mass is 35.5. The molecular weight excluding hydrogens is 305 g/mol. The van der Waals surface area contributed by atoms with Crippen molar-refractivity contribution in [3.8, 4) is 0 Å². The minimum absolute atomic E-state index is 0.419. The first-order chi connectivity index (χ1) is 9.10. The Morgan fingerprint density at radius 1 is 1.37 bits per heavy atom. The average molecular weight is 316 g/mol. The van der Waals surface area contributed by atoms with Gasteiger partial charge in [0.05, 0.1) is 6.54 Å². The molecule has 0 atom stereocenters. The van der Waals surface area contributed by atoms with Gasteiger partial charge >= 0.3 is 0 Å². The fraction of sp³-hybridized carbons (Fsp3) is 0.182. The van der Waals surface area contributed by atoms with Gasteiger partial charge in [-0.05, 0) is 24.4 Å². The van der Waals surface area contributed by atoms with Crippen LogP contribution in [0.25, 0.3) is 0 Å². The summed E-state index contributed by atoms with van der Waals surface area (Å²) in [6.45, 7) is 0.444. The summed E-state index contributed by atoms with van der Waals surface area (Å²) in [5.74, 6) is 0.419. The highest BCUT2D eigenvalue weighted by Crippen LogP contribution is 2.24. The Morgan fingerprint density at radius 3 is 2.68 bits per heavy atom. The molecule has 1 aromatic heterocycles. The van der Waals surface area contributed by atoms with Crippen molar-refractivity contribution in [1.82, 2.24) is 20.1 Å². The zero-order chi connectivity index (χ0) is 13.8. The molecule has 0 spiro atoms. The number of hydrogen-bond acceptors (Lipinski definition) is 3. The van der Waals surface area contributed by atoms with E-state index in [1.54, 1.807) is 36.3 Å². The average Bonchev–Trinajstić information content (AvgIpc) is 2.81. The fourth-order valence-electron chi connectivity index (χ4n) is 1.44. The predicted octanol–water partition coefficient (Wildman–Crippen LogP) is 2.55. The van der Waals surface area contributed by atoms with Gasteiger partial charge in [-0.2, -0.15) is 0 Å². The van der Waals surface area contributed by atoms with Gasteiger partial charge in [0.15, 0.2) is 5.11 Å². The van der Waals surface area contributed by atoms with E-state index in [2.05, 4.69) is 20.7 Å². The topological polar surface area (TPSA) is 54.8 Å². The summed E-state index contributed by atoms with van der Waals surface area (Å²) in [7, 11) is 1.72. The third kappa shape index (κ3) is 3.56. The number of thiocarbonyl (C=S) groups is 1. The smallest absolute Gasteiger partial charge is 0.248 e. The normalized spacial score (nSPS) is 10.3. The molecule has 0 saturated carbocycles. The number of aromatic nitrogens is 3. The molecule has 0 saturated heterocycles. The summed E-state index contributed by atoms with van der Waals surface area (Å²) in [6.07, 6.45) is 1.58. The molecule has 0 aliphatic rings. The van der Waals surface area contributed by atoms with Gasteiger partial charge in [0.2, 0.25) is 5.95 Å². The number of nitrogens with zero attached hydrogens (tertiary/aromatic N) is 3. The summed E-state index contributed by atoms with van der Waals surface area (Å²) < 4.78 is 1.63. The van der Waals surface area contributed by atoms with Gasteiger partial charge in [0.25, 0.3) is 0 Å². The van der Waals surface area contributed by atoms with E-state index in [4.69, 9.17) is 35.4 Å². The Bertz CT molecular complexity index is 578. The number of anilines is 1. The van der Waals surface area contributed by atoms with E-state index in [1.807, 2.05) is 0 Å². The summed E-state index contributed by atoms with van der Waals surface area (Å²) in [5.41, 5.74) is 0.804. The van der Waals surface area contributed by atoms with Crippen molar-refractivity contribution in [3.63, 3.8) is 0 Å². The van der Waals surface area contributed by atoms with Crippen molar-refractivity contribution >= 4 is 46.5 Å². The van der Waals surface area contributed by atoms with Crippen molar-refractivity contribution in [2.45, 2.75) is 6.54 Å². The van der Waals surface area contributed by atoms with Crippen molar-refractivity contribution in [3.05, 3.63) is 40.1 Å². The molecule has 1 heterocycles. The molecule has 0 bridgehead atoms. The van der Waals surface area contributed by atoms with Crippen molar-refractivity contribution < 1.29 is 0 Å². The molecule has 0 fully saturated rings. The molecule has 1 aromatic carbocycles. The summed E-state index contributed by atoms with van der Waals surface area (Å²) >= 11 is 17.2. The van der Waals surface area contributed by atoms with Gasteiger partial charge in [0, 0.05) is 22.7 Å². The van der Waals surface area contributed by atoms with Gasteiger partial charge in [0.1, 0.15) is 6.33 Å². The maximum atomic E-state index is 6.10. The standard InChI is InChI=1S/C11H11Cl2N5S/c1-14-11(19)16-10-15-6-18(17-10)5-7-8(12)3-2-4-9(7)13/h2-4,6H,5H2,1H3,(H2,14,16,17,19). The maximum Gasteiger partial charge on any atom is 0.248 e. The van der Waals surface area contributed by atoms with Gasteiger partial charge in [-0.3, -0.25) is 5.32 Å². The van der Waals surface area contributed by atoms with Crippen LogP contribution in [0.3, 0.4) is 0 Å². The highest BCUT2D eigenvalue weighted by molar-refractivity contribution is 7.80. The molecule has 0 aliphatic carbocycles. The molecule has 5 nitrogen and oxygen atoms in total. The van der Waals surface area contributed by atoms with E-state index in [0.29, 0.717) is 27.7 Å². The van der Waals surface area contributed by atoms with Crippen LogP contribution in [0.15, 0.2) is 24.5 Å². The Morgan fingerprint density at radius 2 is 2.05 bits per heavy atom. The van der Waals surface area contributed by atoms with Gasteiger partial charge in [-0.15, -0.1) is 5.10 Å². The largest absolute Gasteiger partial charge is 0.365 e. The molecule has 8 heteroatoms. The lowest BCUT2D eigenvalue weighted by Gasteiger charge is -2.06. The lowest BCUT2D eigenvalue weighted by Crippen LogP contribution is -2.24. The van der Waals surface area contributed by atoms with Crippen LogP contribution in [0.2, 0.25) is 10.0 Å². The fourth-order valence-corrected chi connectivity index (χ4v) is 2.05. The van der Waals surface area contributed by atoms with E-state index in [-0.39, 0.29) is 0 Å². The van der Waals surface area contributed by atoms with Crippen LogP contribution in [-0.4, -0.2) is 26.9 Å². The highest BCUT2D eigenvalue weighted by Gasteiger charge is 2.08. The SMILES string of the molecule is CNC(=S)Nc1ncn(Cc2c(Cl)cccc2Cl)n1. The Kier molecular flexibility index (Phi) is 4.57. The van der Waals surface area contributed by atoms with Crippen LogP contribution in [0, 0.1) is 0 Å². The Labute approximate surface area is 125 Å².